The second-order valence-corrected chi connectivity index (χ2v) is 7.67. The van der Waals surface area contributed by atoms with Gasteiger partial charge in [0.1, 0.15) is 23.8 Å². The van der Waals surface area contributed by atoms with E-state index in [1.165, 1.54) is 16.8 Å². The normalized spacial score (nSPS) is 37.0. The monoisotopic (exact) mass is 345 g/mol. The van der Waals surface area contributed by atoms with Crippen molar-refractivity contribution in [1.82, 2.24) is 9.55 Å². The van der Waals surface area contributed by atoms with Crippen LogP contribution < -0.4 is 11.4 Å². The zero-order valence-corrected chi connectivity index (χ0v) is 14.1. The highest BCUT2D eigenvalue weighted by Gasteiger charge is 2.56. The highest BCUT2D eigenvalue weighted by molar-refractivity contribution is 7.48. The van der Waals surface area contributed by atoms with E-state index in [2.05, 4.69) is 4.98 Å². The zero-order valence-electron chi connectivity index (χ0n) is 13.2. The van der Waals surface area contributed by atoms with E-state index < -0.39 is 31.4 Å². The predicted molar refractivity (Wildman–Crippen MR) is 80.7 cm³/mol. The second-order valence-electron chi connectivity index (χ2n) is 6.13. The third-order valence-corrected chi connectivity index (χ3v) is 5.57. The Morgan fingerprint density at radius 2 is 2.30 bits per heavy atom. The van der Waals surface area contributed by atoms with Crippen LogP contribution in [0.1, 0.15) is 33.4 Å². The van der Waals surface area contributed by atoms with Gasteiger partial charge in [0.05, 0.1) is 12.7 Å². The summed E-state index contributed by atoms with van der Waals surface area (Å²) in [6.45, 7) is 5.32. The van der Waals surface area contributed by atoms with E-state index in [4.69, 9.17) is 24.0 Å². The van der Waals surface area contributed by atoms with Gasteiger partial charge >= 0.3 is 13.5 Å². The van der Waals surface area contributed by atoms with Crippen LogP contribution in [0.4, 0.5) is 5.82 Å². The van der Waals surface area contributed by atoms with Crippen LogP contribution in [0.25, 0.3) is 0 Å². The SMILES string of the molecule is CC(C)OP1(=O)OCC2OC(n3ccc(N)nc3=O)CC2(C)O1. The van der Waals surface area contributed by atoms with Crippen LogP contribution in [0.2, 0.25) is 0 Å². The molecule has 2 aliphatic rings. The van der Waals surface area contributed by atoms with E-state index in [1.54, 1.807) is 20.8 Å². The first-order chi connectivity index (χ1) is 10.7. The molecule has 0 aromatic carbocycles. The summed E-state index contributed by atoms with van der Waals surface area (Å²) in [5, 5.41) is 0. The van der Waals surface area contributed by atoms with Crippen molar-refractivity contribution < 1.29 is 22.9 Å². The molecule has 128 valence electrons. The lowest BCUT2D eigenvalue weighted by Crippen LogP contribution is -2.44. The molecule has 0 amide bonds. The molecule has 0 aliphatic carbocycles. The molecule has 0 bridgehead atoms. The van der Waals surface area contributed by atoms with Crippen LogP contribution in [0, 0.1) is 0 Å². The first-order valence-corrected chi connectivity index (χ1v) is 8.81. The number of fused-ring (bicyclic) bond motifs is 1. The maximum atomic E-state index is 12.5. The van der Waals surface area contributed by atoms with Crippen LogP contribution in [-0.4, -0.2) is 34.0 Å². The quantitative estimate of drug-likeness (QED) is 0.819. The summed E-state index contributed by atoms with van der Waals surface area (Å²) in [7, 11) is -3.65. The minimum atomic E-state index is -3.65. The smallest absolute Gasteiger partial charge is 0.383 e. The van der Waals surface area contributed by atoms with Crippen molar-refractivity contribution in [2.24, 2.45) is 0 Å². The Hall–Kier alpha value is -1.25. The van der Waals surface area contributed by atoms with Crippen molar-refractivity contribution in [3.8, 4) is 0 Å². The van der Waals surface area contributed by atoms with Crippen molar-refractivity contribution in [2.45, 2.75) is 51.2 Å². The number of nitrogens with two attached hydrogens (primary N) is 1. The molecule has 2 N–H and O–H groups in total. The number of ether oxygens (including phenoxy) is 1. The third-order valence-electron chi connectivity index (χ3n) is 3.79. The number of nitrogens with zero attached hydrogens (tertiary/aromatic N) is 2. The van der Waals surface area contributed by atoms with E-state index in [-0.39, 0.29) is 18.5 Å². The van der Waals surface area contributed by atoms with Gasteiger partial charge in [0.15, 0.2) is 0 Å². The van der Waals surface area contributed by atoms with Crippen LogP contribution in [0.15, 0.2) is 17.1 Å². The number of phosphoric acid groups is 1. The molecule has 2 fully saturated rings. The molecule has 0 radical (unpaired) electrons. The van der Waals surface area contributed by atoms with Crippen molar-refractivity contribution in [3.63, 3.8) is 0 Å². The van der Waals surface area contributed by atoms with E-state index in [0.717, 1.165) is 0 Å². The van der Waals surface area contributed by atoms with Gasteiger partial charge < -0.3 is 10.5 Å². The minimum Gasteiger partial charge on any atom is -0.383 e. The molecule has 10 heteroatoms. The fourth-order valence-corrected chi connectivity index (χ4v) is 4.43. The van der Waals surface area contributed by atoms with E-state index >= 15 is 0 Å². The fourth-order valence-electron chi connectivity index (χ4n) is 2.73. The molecule has 0 spiro atoms. The van der Waals surface area contributed by atoms with Crippen LogP contribution in [0.3, 0.4) is 0 Å². The fraction of sp³-hybridized carbons (Fsp3) is 0.692. The molecule has 3 rings (SSSR count). The number of rotatable bonds is 3. The van der Waals surface area contributed by atoms with Gasteiger partial charge in [0, 0.05) is 12.6 Å². The number of anilines is 1. The lowest BCUT2D eigenvalue weighted by Gasteiger charge is -2.37. The Morgan fingerprint density at radius 3 is 2.96 bits per heavy atom. The molecule has 2 aliphatic heterocycles. The molecule has 4 atom stereocenters. The first kappa shape index (κ1) is 16.6. The Balaban J connectivity index is 1.82. The summed E-state index contributed by atoms with van der Waals surface area (Å²) in [4.78, 5) is 15.6. The van der Waals surface area contributed by atoms with Crippen LogP contribution >= 0.6 is 7.82 Å². The average molecular weight is 345 g/mol. The van der Waals surface area contributed by atoms with Gasteiger partial charge in [-0.15, -0.1) is 0 Å². The van der Waals surface area contributed by atoms with E-state index in [9.17, 15) is 9.36 Å². The van der Waals surface area contributed by atoms with Crippen LogP contribution in [-0.2, 0) is 22.9 Å². The Kier molecular flexibility index (Phi) is 4.10. The number of aromatic nitrogens is 2. The van der Waals surface area contributed by atoms with Gasteiger partial charge in [-0.05, 0) is 26.8 Å². The summed E-state index contributed by atoms with van der Waals surface area (Å²) in [5.41, 5.74) is 4.09. The number of nitrogen functional groups attached to an aromatic ring is 1. The molecule has 23 heavy (non-hydrogen) atoms. The maximum absolute atomic E-state index is 12.5. The summed E-state index contributed by atoms with van der Waals surface area (Å²) >= 11 is 0. The lowest BCUT2D eigenvalue weighted by molar-refractivity contribution is -0.109. The van der Waals surface area contributed by atoms with Gasteiger partial charge in [-0.1, -0.05) is 0 Å². The van der Waals surface area contributed by atoms with Gasteiger partial charge in [-0.25, -0.2) is 9.36 Å². The topological polar surface area (TPSA) is 115 Å². The number of hydrogen-bond acceptors (Lipinski definition) is 8. The number of phosphoric ester groups is 1. The van der Waals surface area contributed by atoms with Crippen molar-refractivity contribution >= 4 is 13.6 Å². The van der Waals surface area contributed by atoms with Gasteiger partial charge in [0.25, 0.3) is 0 Å². The highest BCUT2D eigenvalue weighted by Crippen LogP contribution is 2.60. The molecule has 4 unspecified atom stereocenters. The van der Waals surface area contributed by atoms with Gasteiger partial charge in [0.2, 0.25) is 0 Å². The third kappa shape index (κ3) is 3.20. The second kappa shape index (κ2) is 5.68. The first-order valence-electron chi connectivity index (χ1n) is 7.35. The van der Waals surface area contributed by atoms with Gasteiger partial charge in [-0.3, -0.25) is 18.1 Å². The average Bonchev–Trinajstić information content (AvgIpc) is 2.72. The minimum absolute atomic E-state index is 0.0636. The number of hydrogen-bond donors (Lipinski definition) is 1. The van der Waals surface area contributed by atoms with Gasteiger partial charge in [-0.2, -0.15) is 4.98 Å². The van der Waals surface area contributed by atoms with Crippen molar-refractivity contribution in [1.29, 1.82) is 0 Å². The standard InChI is InChI=1S/C13H20N3O6P/c1-8(2)21-23(18)19-7-9-13(3,22-23)6-11(20-9)16-5-4-10(14)15-12(16)17/h4-5,8-9,11H,6-7H2,1-3H3,(H2,14,15,17). The highest BCUT2D eigenvalue weighted by atomic mass is 31.2. The molecule has 0 saturated carbocycles. The zero-order chi connectivity index (χ0) is 16.8. The summed E-state index contributed by atoms with van der Waals surface area (Å²) in [6.07, 6.45) is 0.469. The van der Waals surface area contributed by atoms with Crippen molar-refractivity contribution in [2.75, 3.05) is 12.3 Å². The molecular formula is C13H20N3O6P. The molecule has 1 aromatic heterocycles. The maximum Gasteiger partial charge on any atom is 0.475 e. The van der Waals surface area contributed by atoms with Crippen LogP contribution in [0.5, 0.6) is 0 Å². The summed E-state index contributed by atoms with van der Waals surface area (Å²) in [6, 6.07) is 1.51. The Morgan fingerprint density at radius 1 is 1.57 bits per heavy atom. The molecule has 3 heterocycles. The molecule has 9 nitrogen and oxygen atoms in total. The molecule has 2 saturated heterocycles. The Bertz CT molecular complexity index is 707. The lowest BCUT2D eigenvalue weighted by atomic mass is 9.98. The largest absolute Gasteiger partial charge is 0.475 e. The van der Waals surface area contributed by atoms with E-state index in [1.807, 2.05) is 0 Å². The van der Waals surface area contributed by atoms with Crippen molar-refractivity contribution in [3.05, 3.63) is 22.7 Å². The summed E-state index contributed by atoms with van der Waals surface area (Å²) < 4.78 is 35.9. The molecular weight excluding hydrogens is 325 g/mol. The van der Waals surface area contributed by atoms with E-state index in [0.29, 0.717) is 6.42 Å². The Labute approximate surface area is 133 Å². The summed E-state index contributed by atoms with van der Waals surface area (Å²) in [5.74, 6) is 0.141. The predicted octanol–water partition coefficient (Wildman–Crippen LogP) is 1.45. The molecule has 1 aromatic rings.